The van der Waals surface area contributed by atoms with Crippen LogP contribution in [0.15, 0.2) is 18.2 Å². The first-order chi connectivity index (χ1) is 12.7. The van der Waals surface area contributed by atoms with E-state index in [9.17, 15) is 28.9 Å². The summed E-state index contributed by atoms with van der Waals surface area (Å²) in [5.74, 6) is -4.07. The third-order valence-corrected chi connectivity index (χ3v) is 4.73. The van der Waals surface area contributed by atoms with Crippen molar-refractivity contribution in [1.29, 1.82) is 0 Å². The highest BCUT2D eigenvalue weighted by Gasteiger charge is 2.44. The van der Waals surface area contributed by atoms with Crippen LogP contribution in [0.2, 0.25) is 5.02 Å². The van der Waals surface area contributed by atoms with Crippen LogP contribution in [0.4, 0.5) is 10.1 Å². The van der Waals surface area contributed by atoms with Gasteiger partial charge in [0.2, 0.25) is 6.54 Å². The fourth-order valence-electron chi connectivity index (χ4n) is 3.16. The molecule has 0 heterocycles. The Hall–Kier alpha value is -2.55. The van der Waals surface area contributed by atoms with Crippen molar-refractivity contribution < 1.29 is 28.4 Å². The first-order valence-corrected chi connectivity index (χ1v) is 8.60. The van der Waals surface area contributed by atoms with Crippen LogP contribution >= 0.6 is 11.6 Å². The molecule has 0 bridgehead atoms. The highest BCUT2D eigenvalue weighted by atomic mass is 35.5. The fourth-order valence-corrected chi connectivity index (χ4v) is 3.34. The zero-order valence-electron chi connectivity index (χ0n) is 14.4. The normalized spacial score (nSPS) is 21.7. The molecule has 27 heavy (non-hydrogen) atoms. The summed E-state index contributed by atoms with van der Waals surface area (Å²) in [5, 5.41) is 13.2. The molecule has 1 fully saturated rings. The molecule has 2 rings (SSSR count). The molecule has 0 radical (unpaired) electrons. The van der Waals surface area contributed by atoms with Crippen LogP contribution in [-0.2, 0) is 19.1 Å². The van der Waals surface area contributed by atoms with Gasteiger partial charge in [0.1, 0.15) is 11.6 Å². The second kappa shape index (κ2) is 8.90. The molecule has 1 aromatic carbocycles. The van der Waals surface area contributed by atoms with Gasteiger partial charge in [0.15, 0.2) is 6.61 Å². The number of ketones is 1. The number of Topliss-reactive ketones (excluding diaryl/α,β-unsaturated/α-hetero) is 1. The summed E-state index contributed by atoms with van der Waals surface area (Å²) >= 11 is 5.71. The number of benzene rings is 1. The maximum atomic E-state index is 13.6. The second-order valence-corrected chi connectivity index (χ2v) is 6.91. The molecule has 1 N–H and O–H groups in total. The quantitative estimate of drug-likeness (QED) is 0.427. The van der Waals surface area contributed by atoms with Crippen LogP contribution in [0.1, 0.15) is 19.8 Å². The van der Waals surface area contributed by atoms with E-state index in [2.05, 4.69) is 5.32 Å². The molecule has 10 heteroatoms. The number of hydrogen-bond donors (Lipinski definition) is 1. The number of halogens is 2. The Morgan fingerprint density at radius 1 is 1.44 bits per heavy atom. The van der Waals surface area contributed by atoms with Crippen LogP contribution in [0.3, 0.4) is 0 Å². The molecule has 1 amide bonds. The van der Waals surface area contributed by atoms with Crippen molar-refractivity contribution in [3.05, 3.63) is 39.2 Å². The van der Waals surface area contributed by atoms with E-state index in [1.165, 1.54) is 12.1 Å². The third kappa shape index (κ3) is 5.72. The van der Waals surface area contributed by atoms with Gasteiger partial charge in [0.05, 0.1) is 12.1 Å². The average Bonchev–Trinajstić information content (AvgIpc) is 2.83. The lowest BCUT2D eigenvalue weighted by atomic mass is 9.88. The standard InChI is InChI=1S/C17H18ClFN2O6/c1-9-4-15(22)11(12(9)7-21(25)26)6-17(24)27-8-16(23)20-14-5-10(18)2-3-13(14)19/h2-3,5,9,11-12H,4,6-8H2,1H3,(H,20,23)/t9-,11+,12-/m1/s1. The molecule has 0 aliphatic heterocycles. The Balaban J connectivity index is 1.87. The summed E-state index contributed by atoms with van der Waals surface area (Å²) in [7, 11) is 0. The summed E-state index contributed by atoms with van der Waals surface area (Å²) in [6.45, 7) is 0.644. The number of carbonyl (C=O) groups excluding carboxylic acids is 3. The Bertz CT molecular complexity index is 772. The molecule has 0 aromatic heterocycles. The number of nitrogens with zero attached hydrogens (tertiary/aromatic N) is 1. The number of carbonyl (C=O) groups is 3. The lowest BCUT2D eigenvalue weighted by Crippen LogP contribution is -2.28. The molecule has 146 valence electrons. The Kier molecular flexibility index (Phi) is 6.84. The maximum Gasteiger partial charge on any atom is 0.307 e. The smallest absolute Gasteiger partial charge is 0.307 e. The molecule has 0 unspecified atom stereocenters. The lowest BCUT2D eigenvalue weighted by molar-refractivity contribution is -0.490. The van der Waals surface area contributed by atoms with E-state index < -0.39 is 47.6 Å². The summed E-state index contributed by atoms with van der Waals surface area (Å²) in [4.78, 5) is 46.0. The van der Waals surface area contributed by atoms with Crippen molar-refractivity contribution in [2.75, 3.05) is 18.5 Å². The molecule has 1 aromatic rings. The first-order valence-electron chi connectivity index (χ1n) is 8.22. The predicted octanol–water partition coefficient (Wildman–Crippen LogP) is 2.47. The average molecular weight is 401 g/mol. The highest BCUT2D eigenvalue weighted by molar-refractivity contribution is 6.30. The van der Waals surface area contributed by atoms with Gasteiger partial charge in [-0.05, 0) is 24.1 Å². The molecule has 1 aliphatic carbocycles. The van der Waals surface area contributed by atoms with E-state index in [-0.39, 0.29) is 35.3 Å². The third-order valence-electron chi connectivity index (χ3n) is 4.50. The van der Waals surface area contributed by atoms with Crippen LogP contribution in [-0.4, -0.2) is 35.7 Å². The molecule has 1 saturated carbocycles. The molecule has 3 atom stereocenters. The van der Waals surface area contributed by atoms with E-state index in [0.717, 1.165) is 6.07 Å². The van der Waals surface area contributed by atoms with Crippen molar-refractivity contribution >= 4 is 34.9 Å². The zero-order chi connectivity index (χ0) is 20.1. The van der Waals surface area contributed by atoms with Gasteiger partial charge in [-0.15, -0.1) is 0 Å². The van der Waals surface area contributed by atoms with Crippen molar-refractivity contribution in [1.82, 2.24) is 0 Å². The van der Waals surface area contributed by atoms with Gasteiger partial charge >= 0.3 is 5.97 Å². The number of hydrogen-bond acceptors (Lipinski definition) is 6. The minimum atomic E-state index is -0.822. The van der Waals surface area contributed by atoms with Crippen LogP contribution in [0.5, 0.6) is 0 Å². The molecule has 1 aliphatic rings. The monoisotopic (exact) mass is 400 g/mol. The van der Waals surface area contributed by atoms with E-state index in [4.69, 9.17) is 16.3 Å². The topological polar surface area (TPSA) is 116 Å². The highest BCUT2D eigenvalue weighted by Crippen LogP contribution is 2.36. The fraction of sp³-hybridized carbons (Fsp3) is 0.471. The van der Waals surface area contributed by atoms with Crippen molar-refractivity contribution in [3.8, 4) is 0 Å². The first kappa shape index (κ1) is 20.8. The van der Waals surface area contributed by atoms with Crippen LogP contribution in [0.25, 0.3) is 0 Å². The molecule has 0 saturated heterocycles. The van der Waals surface area contributed by atoms with E-state index in [1.807, 2.05) is 0 Å². The molecular formula is C17H18ClFN2O6. The summed E-state index contributed by atoms with van der Waals surface area (Å²) < 4.78 is 18.4. The van der Waals surface area contributed by atoms with Gasteiger partial charge in [-0.1, -0.05) is 18.5 Å². The molecular weight excluding hydrogens is 383 g/mol. The van der Waals surface area contributed by atoms with Crippen molar-refractivity contribution in [3.63, 3.8) is 0 Å². The van der Waals surface area contributed by atoms with Crippen LogP contribution < -0.4 is 5.32 Å². The second-order valence-electron chi connectivity index (χ2n) is 6.47. The van der Waals surface area contributed by atoms with E-state index >= 15 is 0 Å². The number of ether oxygens (including phenoxy) is 1. The van der Waals surface area contributed by atoms with Gasteiger partial charge in [-0.3, -0.25) is 24.5 Å². The van der Waals surface area contributed by atoms with Crippen molar-refractivity contribution in [2.45, 2.75) is 19.8 Å². The predicted molar refractivity (Wildman–Crippen MR) is 93.2 cm³/mol. The molecule has 8 nitrogen and oxygen atoms in total. The molecule has 0 spiro atoms. The SMILES string of the molecule is C[C@@H]1CC(=O)[C@@H](CC(=O)OCC(=O)Nc2cc(Cl)ccc2F)[C@@H]1C[N+](=O)[O-]. The van der Waals surface area contributed by atoms with Gasteiger partial charge < -0.3 is 10.1 Å². The number of nitrogens with one attached hydrogen (secondary N) is 1. The van der Waals surface area contributed by atoms with Gasteiger partial charge in [0, 0.05) is 28.2 Å². The van der Waals surface area contributed by atoms with Gasteiger partial charge in [0.25, 0.3) is 5.91 Å². The number of anilines is 1. The largest absolute Gasteiger partial charge is 0.456 e. The summed E-state index contributed by atoms with van der Waals surface area (Å²) in [6, 6.07) is 3.59. The number of rotatable bonds is 7. The number of nitro groups is 1. The van der Waals surface area contributed by atoms with E-state index in [0.29, 0.717) is 0 Å². The van der Waals surface area contributed by atoms with Gasteiger partial charge in [-0.25, -0.2) is 4.39 Å². The Morgan fingerprint density at radius 2 is 2.15 bits per heavy atom. The maximum absolute atomic E-state index is 13.6. The Labute approximate surface area is 159 Å². The minimum absolute atomic E-state index is 0.158. The Morgan fingerprint density at radius 3 is 2.81 bits per heavy atom. The zero-order valence-corrected chi connectivity index (χ0v) is 15.2. The van der Waals surface area contributed by atoms with Crippen molar-refractivity contribution in [2.24, 2.45) is 17.8 Å². The summed E-state index contributed by atoms with van der Waals surface area (Å²) in [6.07, 6.45) is -0.161. The number of amides is 1. The summed E-state index contributed by atoms with van der Waals surface area (Å²) in [5.41, 5.74) is -0.158. The minimum Gasteiger partial charge on any atom is -0.456 e. The lowest BCUT2D eigenvalue weighted by Gasteiger charge is -2.17. The van der Waals surface area contributed by atoms with Gasteiger partial charge in [-0.2, -0.15) is 0 Å². The van der Waals surface area contributed by atoms with Crippen LogP contribution in [0, 0.1) is 33.7 Å². The number of esters is 1. The van der Waals surface area contributed by atoms with E-state index in [1.54, 1.807) is 6.92 Å².